The zero-order chi connectivity index (χ0) is 9.19. The second-order valence-electron chi connectivity index (χ2n) is 4.95. The van der Waals surface area contributed by atoms with Crippen LogP contribution < -0.4 is 0 Å². The highest BCUT2D eigenvalue weighted by Gasteiger charge is 2.32. The van der Waals surface area contributed by atoms with Crippen LogP contribution in [0.5, 0.6) is 0 Å². The summed E-state index contributed by atoms with van der Waals surface area (Å²) in [5.74, 6) is 0.984. The van der Waals surface area contributed by atoms with Crippen molar-refractivity contribution in [2.45, 2.75) is 57.7 Å². The van der Waals surface area contributed by atoms with Gasteiger partial charge in [-0.3, -0.25) is 0 Å². The van der Waals surface area contributed by atoms with Gasteiger partial charge in [-0.05, 0) is 30.6 Å². The first-order valence-corrected chi connectivity index (χ1v) is 6.08. The predicted octanol–water partition coefficient (Wildman–Crippen LogP) is 4.38. The van der Waals surface area contributed by atoms with E-state index in [1.54, 1.807) is 0 Å². The van der Waals surface area contributed by atoms with Crippen LogP contribution in [0.15, 0.2) is 0 Å². The lowest BCUT2D eigenvalue weighted by atomic mass is 9.75. The third-order valence-corrected chi connectivity index (χ3v) is 3.59. The fourth-order valence-electron chi connectivity index (χ4n) is 2.60. The molecular weight excluding hydrogens is 212 g/mol. The van der Waals surface area contributed by atoms with Gasteiger partial charge in [0, 0.05) is 4.83 Å². The van der Waals surface area contributed by atoms with Crippen molar-refractivity contribution in [3.05, 3.63) is 0 Å². The summed E-state index contributed by atoms with van der Waals surface area (Å²) in [6.45, 7) is 7.12. The van der Waals surface area contributed by atoms with Crippen molar-refractivity contribution in [2.75, 3.05) is 0 Å². The van der Waals surface area contributed by atoms with Gasteiger partial charge < -0.3 is 0 Å². The third kappa shape index (κ3) is 2.76. The fourth-order valence-corrected chi connectivity index (χ4v) is 3.43. The average molecular weight is 233 g/mol. The highest BCUT2D eigenvalue weighted by Crippen LogP contribution is 2.43. The molecule has 0 bridgehead atoms. The van der Waals surface area contributed by atoms with Crippen molar-refractivity contribution in [1.29, 1.82) is 0 Å². The molecule has 0 heterocycles. The van der Waals surface area contributed by atoms with Crippen LogP contribution >= 0.6 is 15.9 Å². The molecule has 1 aliphatic carbocycles. The zero-order valence-electron chi connectivity index (χ0n) is 8.57. The van der Waals surface area contributed by atoms with E-state index in [1.165, 1.54) is 32.1 Å². The van der Waals surface area contributed by atoms with E-state index in [0.717, 1.165) is 5.92 Å². The molecule has 12 heavy (non-hydrogen) atoms. The SMILES string of the molecule is CC(Br)CC(C)(C)C1CCCC1. The van der Waals surface area contributed by atoms with E-state index in [0.29, 0.717) is 10.2 Å². The number of alkyl halides is 1. The maximum absolute atomic E-state index is 3.66. The molecule has 1 rings (SSSR count). The molecule has 1 aliphatic rings. The molecule has 0 nitrogen and oxygen atoms in total. The number of hydrogen-bond donors (Lipinski definition) is 0. The van der Waals surface area contributed by atoms with E-state index in [4.69, 9.17) is 0 Å². The lowest BCUT2D eigenvalue weighted by Gasteiger charge is -2.32. The maximum atomic E-state index is 3.66. The standard InChI is InChI=1S/C11H21Br/c1-9(12)8-11(2,3)10-6-4-5-7-10/h9-10H,4-8H2,1-3H3. The smallest absolute Gasteiger partial charge is 0.0122 e. The molecular formula is C11H21Br. The van der Waals surface area contributed by atoms with Gasteiger partial charge >= 0.3 is 0 Å². The van der Waals surface area contributed by atoms with Crippen LogP contribution in [0, 0.1) is 11.3 Å². The van der Waals surface area contributed by atoms with Crippen LogP contribution in [-0.4, -0.2) is 4.83 Å². The lowest BCUT2D eigenvalue weighted by molar-refractivity contribution is 0.201. The van der Waals surface area contributed by atoms with Crippen LogP contribution in [0.4, 0.5) is 0 Å². The van der Waals surface area contributed by atoms with E-state index < -0.39 is 0 Å². The van der Waals surface area contributed by atoms with Gasteiger partial charge in [-0.1, -0.05) is 49.5 Å². The summed E-state index contributed by atoms with van der Waals surface area (Å²) in [4.78, 5) is 0.674. The van der Waals surface area contributed by atoms with Crippen molar-refractivity contribution < 1.29 is 0 Å². The van der Waals surface area contributed by atoms with Crippen LogP contribution in [0.25, 0.3) is 0 Å². The Morgan fingerprint density at radius 2 is 1.83 bits per heavy atom. The summed E-state index contributed by atoms with van der Waals surface area (Å²) in [6, 6.07) is 0. The molecule has 0 N–H and O–H groups in total. The first-order chi connectivity index (χ1) is 5.52. The Bertz CT molecular complexity index is 132. The Labute approximate surface area is 85.3 Å². The van der Waals surface area contributed by atoms with Crippen molar-refractivity contribution in [2.24, 2.45) is 11.3 Å². The molecule has 0 spiro atoms. The van der Waals surface area contributed by atoms with E-state index in [2.05, 4.69) is 36.7 Å². The Balaban J connectivity index is 2.45. The van der Waals surface area contributed by atoms with Gasteiger partial charge in [-0.15, -0.1) is 0 Å². The summed E-state index contributed by atoms with van der Waals surface area (Å²) in [5, 5.41) is 0. The van der Waals surface area contributed by atoms with Gasteiger partial charge in [0.2, 0.25) is 0 Å². The normalized spacial score (nSPS) is 23.0. The molecule has 0 aromatic carbocycles. The third-order valence-electron chi connectivity index (χ3n) is 3.27. The van der Waals surface area contributed by atoms with Crippen molar-refractivity contribution >= 4 is 15.9 Å². The van der Waals surface area contributed by atoms with Crippen LogP contribution in [0.1, 0.15) is 52.9 Å². The molecule has 0 amide bonds. The summed E-state index contributed by atoms with van der Waals surface area (Å²) < 4.78 is 0. The van der Waals surface area contributed by atoms with E-state index in [9.17, 15) is 0 Å². The summed E-state index contributed by atoms with van der Waals surface area (Å²) in [7, 11) is 0. The van der Waals surface area contributed by atoms with Gasteiger partial charge in [0.05, 0.1) is 0 Å². The molecule has 0 radical (unpaired) electrons. The summed E-state index contributed by atoms with van der Waals surface area (Å²) in [6.07, 6.45) is 7.17. The molecule has 1 unspecified atom stereocenters. The minimum absolute atomic E-state index is 0.555. The van der Waals surface area contributed by atoms with Crippen molar-refractivity contribution in [3.8, 4) is 0 Å². The quantitative estimate of drug-likeness (QED) is 0.634. The first-order valence-electron chi connectivity index (χ1n) is 5.16. The van der Waals surface area contributed by atoms with E-state index in [-0.39, 0.29) is 0 Å². The molecule has 1 heteroatoms. The highest BCUT2D eigenvalue weighted by atomic mass is 79.9. The molecule has 0 aliphatic heterocycles. The Kier molecular flexibility index (Phi) is 3.63. The number of rotatable bonds is 3. The first kappa shape index (κ1) is 10.6. The van der Waals surface area contributed by atoms with E-state index in [1.807, 2.05) is 0 Å². The zero-order valence-corrected chi connectivity index (χ0v) is 10.2. The number of halogens is 1. The maximum Gasteiger partial charge on any atom is 0.0122 e. The van der Waals surface area contributed by atoms with Crippen LogP contribution in [-0.2, 0) is 0 Å². The largest absolute Gasteiger partial charge is 0.0893 e. The van der Waals surface area contributed by atoms with Crippen LogP contribution in [0.2, 0.25) is 0 Å². The molecule has 0 aromatic rings. The van der Waals surface area contributed by atoms with Crippen LogP contribution in [0.3, 0.4) is 0 Å². The highest BCUT2D eigenvalue weighted by molar-refractivity contribution is 9.09. The molecule has 0 saturated heterocycles. The van der Waals surface area contributed by atoms with Gasteiger partial charge in [0.15, 0.2) is 0 Å². The topological polar surface area (TPSA) is 0 Å². The van der Waals surface area contributed by atoms with Crippen molar-refractivity contribution in [3.63, 3.8) is 0 Å². The Morgan fingerprint density at radius 1 is 1.33 bits per heavy atom. The van der Waals surface area contributed by atoms with E-state index >= 15 is 0 Å². The predicted molar refractivity (Wildman–Crippen MR) is 58.7 cm³/mol. The molecule has 0 aromatic heterocycles. The Morgan fingerprint density at radius 3 is 2.25 bits per heavy atom. The minimum atomic E-state index is 0.555. The van der Waals surface area contributed by atoms with Gasteiger partial charge in [-0.25, -0.2) is 0 Å². The molecule has 1 atom stereocenters. The molecule has 72 valence electrons. The van der Waals surface area contributed by atoms with Gasteiger partial charge in [-0.2, -0.15) is 0 Å². The Hall–Kier alpha value is 0.480. The summed E-state index contributed by atoms with van der Waals surface area (Å²) in [5.41, 5.74) is 0.555. The number of hydrogen-bond acceptors (Lipinski definition) is 0. The molecule has 1 fully saturated rings. The minimum Gasteiger partial charge on any atom is -0.0893 e. The fraction of sp³-hybridized carbons (Fsp3) is 1.00. The second kappa shape index (κ2) is 4.13. The average Bonchev–Trinajstić information content (AvgIpc) is 2.32. The monoisotopic (exact) mass is 232 g/mol. The molecule has 1 saturated carbocycles. The lowest BCUT2D eigenvalue weighted by Crippen LogP contribution is -2.24. The van der Waals surface area contributed by atoms with Gasteiger partial charge in [0.25, 0.3) is 0 Å². The second-order valence-corrected chi connectivity index (χ2v) is 6.52. The van der Waals surface area contributed by atoms with Crippen molar-refractivity contribution in [1.82, 2.24) is 0 Å². The van der Waals surface area contributed by atoms with Gasteiger partial charge in [0.1, 0.15) is 0 Å². The summed E-state index contributed by atoms with van der Waals surface area (Å²) >= 11 is 3.66.